The van der Waals surface area contributed by atoms with Gasteiger partial charge >= 0.3 is 0 Å². The zero-order valence-corrected chi connectivity index (χ0v) is 13.5. The molecule has 23 heavy (non-hydrogen) atoms. The summed E-state index contributed by atoms with van der Waals surface area (Å²) >= 11 is 0. The third kappa shape index (κ3) is 3.04. The molecule has 4 nitrogen and oxygen atoms in total. The molecule has 0 N–H and O–H groups in total. The van der Waals surface area contributed by atoms with E-state index in [9.17, 15) is 10.1 Å². The van der Waals surface area contributed by atoms with Crippen molar-refractivity contribution in [3.63, 3.8) is 0 Å². The second-order valence-corrected chi connectivity index (χ2v) is 8.08. The van der Waals surface area contributed by atoms with Gasteiger partial charge in [-0.3, -0.25) is 15.1 Å². The Hall–Kier alpha value is -1.71. The maximum absolute atomic E-state index is 10.9. The average molecular weight is 312 g/mol. The fraction of sp³-hybridized carbons (Fsp3) is 0.632. The lowest BCUT2D eigenvalue weighted by Gasteiger charge is -2.47. The highest BCUT2D eigenvalue weighted by Gasteiger charge is 2.48. The first-order chi connectivity index (χ1) is 11.1. The van der Waals surface area contributed by atoms with Gasteiger partial charge in [-0.25, -0.2) is 0 Å². The third-order valence-electron chi connectivity index (χ3n) is 6.23. The lowest BCUT2D eigenvalue weighted by molar-refractivity contribution is -0.384. The van der Waals surface area contributed by atoms with Crippen LogP contribution in [0.1, 0.15) is 50.5 Å². The van der Waals surface area contributed by atoms with E-state index in [2.05, 4.69) is 0 Å². The van der Waals surface area contributed by atoms with Crippen LogP contribution in [0.15, 0.2) is 29.3 Å². The van der Waals surface area contributed by atoms with Gasteiger partial charge in [0, 0.05) is 24.9 Å². The van der Waals surface area contributed by atoms with E-state index in [1.807, 2.05) is 12.3 Å². The van der Waals surface area contributed by atoms with Crippen LogP contribution in [0, 0.1) is 33.3 Å². The van der Waals surface area contributed by atoms with Crippen LogP contribution in [0.5, 0.6) is 0 Å². The molecule has 2 unspecified atom stereocenters. The van der Waals surface area contributed by atoms with Crippen molar-refractivity contribution in [1.82, 2.24) is 0 Å². The Morgan fingerprint density at radius 2 is 1.87 bits per heavy atom. The number of nitro benzene ring substituents is 1. The highest BCUT2D eigenvalue weighted by Crippen LogP contribution is 2.57. The molecule has 122 valence electrons. The molecule has 0 amide bonds. The summed E-state index contributed by atoms with van der Waals surface area (Å²) in [4.78, 5) is 15.2. The molecule has 0 aromatic heterocycles. The largest absolute Gasteiger partial charge is 0.292 e. The predicted molar refractivity (Wildman–Crippen MR) is 90.8 cm³/mol. The van der Waals surface area contributed by atoms with E-state index in [4.69, 9.17) is 4.99 Å². The van der Waals surface area contributed by atoms with Crippen LogP contribution < -0.4 is 0 Å². The summed E-state index contributed by atoms with van der Waals surface area (Å²) in [5.41, 5.74) is 1.40. The highest BCUT2D eigenvalue weighted by molar-refractivity contribution is 5.80. The molecule has 4 saturated carbocycles. The molecule has 0 radical (unpaired) electrons. The molecule has 0 aliphatic heterocycles. The summed E-state index contributed by atoms with van der Waals surface area (Å²) in [5, 5.41) is 10.9. The van der Waals surface area contributed by atoms with Crippen molar-refractivity contribution < 1.29 is 4.92 Å². The number of fused-ring (bicyclic) bond motifs is 1. The Morgan fingerprint density at radius 1 is 1.17 bits per heavy atom. The molecule has 0 spiro atoms. The number of non-ortho nitro benzene ring substituents is 1. The van der Waals surface area contributed by atoms with Crippen LogP contribution in [0.3, 0.4) is 0 Å². The molecule has 5 rings (SSSR count). The molecule has 4 fully saturated rings. The van der Waals surface area contributed by atoms with Crippen molar-refractivity contribution >= 4 is 11.9 Å². The van der Waals surface area contributed by atoms with Crippen LogP contribution in [0.25, 0.3) is 0 Å². The first-order valence-corrected chi connectivity index (χ1v) is 8.86. The number of benzene rings is 1. The summed E-state index contributed by atoms with van der Waals surface area (Å²) < 4.78 is 0. The Labute approximate surface area is 137 Å². The third-order valence-corrected chi connectivity index (χ3v) is 6.23. The highest BCUT2D eigenvalue weighted by atomic mass is 16.6. The average Bonchev–Trinajstić information content (AvgIpc) is 2.73. The van der Waals surface area contributed by atoms with Gasteiger partial charge in [0.05, 0.1) is 4.92 Å². The van der Waals surface area contributed by atoms with E-state index in [0.717, 1.165) is 29.9 Å². The van der Waals surface area contributed by atoms with Gasteiger partial charge in [0.1, 0.15) is 0 Å². The monoisotopic (exact) mass is 312 g/mol. The fourth-order valence-electron chi connectivity index (χ4n) is 5.63. The van der Waals surface area contributed by atoms with E-state index < -0.39 is 0 Å². The molecule has 4 heteroatoms. The van der Waals surface area contributed by atoms with Crippen LogP contribution in [-0.4, -0.2) is 17.7 Å². The van der Waals surface area contributed by atoms with E-state index in [0.29, 0.717) is 5.41 Å². The van der Waals surface area contributed by atoms with Gasteiger partial charge in [-0.1, -0.05) is 25.0 Å². The zero-order valence-electron chi connectivity index (χ0n) is 13.5. The normalized spacial score (nSPS) is 35.6. The molecule has 0 saturated heterocycles. The van der Waals surface area contributed by atoms with Gasteiger partial charge < -0.3 is 0 Å². The van der Waals surface area contributed by atoms with E-state index in [1.54, 1.807) is 12.1 Å². The number of hydrogen-bond acceptors (Lipinski definition) is 3. The molecule has 4 aliphatic rings. The van der Waals surface area contributed by atoms with E-state index in [1.165, 1.54) is 51.0 Å². The SMILES string of the molecule is O=[N+]([O-])c1cccc(C=NCC23CC4C[C@@H](CC[C@@H](C4)C2)C3)c1. The number of hydrogen-bond donors (Lipinski definition) is 0. The van der Waals surface area contributed by atoms with Crippen LogP contribution in [0.2, 0.25) is 0 Å². The minimum Gasteiger partial charge on any atom is -0.292 e. The summed E-state index contributed by atoms with van der Waals surface area (Å²) in [7, 11) is 0. The Kier molecular flexibility index (Phi) is 3.70. The Balaban J connectivity index is 1.48. The van der Waals surface area contributed by atoms with Crippen molar-refractivity contribution in [3.8, 4) is 0 Å². The summed E-state index contributed by atoms with van der Waals surface area (Å²) in [6, 6.07) is 6.76. The molecular weight excluding hydrogens is 288 g/mol. The molecule has 1 aromatic rings. The second kappa shape index (κ2) is 5.73. The quantitative estimate of drug-likeness (QED) is 0.463. The molecule has 4 atom stereocenters. The van der Waals surface area contributed by atoms with Crippen molar-refractivity contribution in [2.24, 2.45) is 28.2 Å². The van der Waals surface area contributed by atoms with Crippen LogP contribution >= 0.6 is 0 Å². The van der Waals surface area contributed by atoms with Gasteiger partial charge in [0.15, 0.2) is 0 Å². The number of nitro groups is 1. The maximum atomic E-state index is 10.9. The number of rotatable bonds is 4. The van der Waals surface area contributed by atoms with Gasteiger partial charge in [-0.2, -0.15) is 0 Å². The van der Waals surface area contributed by atoms with Crippen molar-refractivity contribution in [3.05, 3.63) is 39.9 Å². The maximum Gasteiger partial charge on any atom is 0.270 e. The van der Waals surface area contributed by atoms with Gasteiger partial charge in [-0.05, 0) is 60.8 Å². The minimum atomic E-state index is -0.347. The topological polar surface area (TPSA) is 55.5 Å². The van der Waals surface area contributed by atoms with Crippen LogP contribution in [-0.2, 0) is 0 Å². The first-order valence-electron chi connectivity index (χ1n) is 8.86. The summed E-state index contributed by atoms with van der Waals surface area (Å²) in [6.07, 6.45) is 11.7. The fourth-order valence-corrected chi connectivity index (χ4v) is 5.63. The summed E-state index contributed by atoms with van der Waals surface area (Å²) in [5.74, 6) is 2.78. The van der Waals surface area contributed by atoms with Gasteiger partial charge in [0.2, 0.25) is 0 Å². The van der Waals surface area contributed by atoms with E-state index in [-0.39, 0.29) is 10.6 Å². The number of nitrogens with zero attached hydrogens (tertiary/aromatic N) is 2. The van der Waals surface area contributed by atoms with Gasteiger partial charge in [0.25, 0.3) is 5.69 Å². The van der Waals surface area contributed by atoms with E-state index >= 15 is 0 Å². The van der Waals surface area contributed by atoms with Crippen molar-refractivity contribution in [2.75, 3.05) is 6.54 Å². The molecular formula is C19H24N2O2. The van der Waals surface area contributed by atoms with Gasteiger partial charge in [-0.15, -0.1) is 0 Å². The zero-order chi connectivity index (χ0) is 15.9. The molecule has 4 bridgehead atoms. The molecule has 4 aliphatic carbocycles. The Bertz CT molecular complexity index is 624. The minimum absolute atomic E-state index is 0.139. The van der Waals surface area contributed by atoms with Crippen LogP contribution in [0.4, 0.5) is 5.69 Å². The Morgan fingerprint density at radius 3 is 2.57 bits per heavy atom. The number of aliphatic imine (C=N–C) groups is 1. The van der Waals surface area contributed by atoms with Crippen molar-refractivity contribution in [1.29, 1.82) is 0 Å². The summed E-state index contributed by atoms with van der Waals surface area (Å²) in [6.45, 7) is 0.902. The molecule has 0 heterocycles. The molecule has 1 aromatic carbocycles. The first kappa shape index (κ1) is 14.9. The smallest absolute Gasteiger partial charge is 0.270 e. The standard InChI is InChI=1S/C19H24N2O2/c22-21(23)18-3-1-2-16(8-18)12-20-13-19-9-14-4-5-15(10-19)7-17(6-14)11-19/h1-3,8,12,14-15,17H,4-7,9-11,13H2/t14-,15+,17?,19?. The lowest BCUT2D eigenvalue weighted by atomic mass is 9.58. The second-order valence-electron chi connectivity index (χ2n) is 8.08. The van der Waals surface area contributed by atoms with Crippen molar-refractivity contribution in [2.45, 2.75) is 44.9 Å². The lowest BCUT2D eigenvalue weighted by Crippen LogP contribution is -2.39. The predicted octanol–water partition coefficient (Wildman–Crippen LogP) is 4.62.